The molecule has 0 aliphatic heterocycles. The molecule has 29 heavy (non-hydrogen) atoms. The van der Waals surface area contributed by atoms with E-state index in [0.717, 1.165) is 24.5 Å². The Morgan fingerprint density at radius 1 is 1.14 bits per heavy atom. The number of rotatable bonds is 10. The van der Waals surface area contributed by atoms with E-state index in [1.807, 2.05) is 41.8 Å². The lowest BCUT2D eigenvalue weighted by atomic mass is 10.1. The van der Waals surface area contributed by atoms with Crippen LogP contribution in [0.2, 0.25) is 0 Å². The van der Waals surface area contributed by atoms with E-state index in [1.165, 1.54) is 17.3 Å². The smallest absolute Gasteiger partial charge is 0.230 e. The van der Waals surface area contributed by atoms with Crippen LogP contribution >= 0.6 is 11.8 Å². The molecule has 1 amide bonds. The van der Waals surface area contributed by atoms with Crippen LogP contribution < -0.4 is 5.32 Å². The molecule has 1 N–H and O–H groups in total. The minimum Gasteiger partial charge on any atom is -0.461 e. The molecular formula is C22H28N4O2S. The molecule has 3 rings (SSSR count). The van der Waals surface area contributed by atoms with Crippen LogP contribution in [0, 0.1) is 5.92 Å². The lowest BCUT2D eigenvalue weighted by Gasteiger charge is -2.14. The molecule has 0 saturated heterocycles. The molecule has 0 spiro atoms. The van der Waals surface area contributed by atoms with Crippen LogP contribution in [-0.2, 0) is 17.8 Å². The number of furan rings is 1. The van der Waals surface area contributed by atoms with Gasteiger partial charge in [-0.25, -0.2) is 0 Å². The van der Waals surface area contributed by atoms with Crippen LogP contribution in [0.4, 0.5) is 0 Å². The number of carbonyl (C=O) groups excluding carboxylic acids is 1. The first-order chi connectivity index (χ1) is 14.0. The average Bonchev–Trinajstić information content (AvgIpc) is 3.35. The molecule has 1 aromatic carbocycles. The first-order valence-corrected chi connectivity index (χ1v) is 10.9. The van der Waals surface area contributed by atoms with Crippen molar-refractivity contribution in [3.05, 3.63) is 54.3 Å². The van der Waals surface area contributed by atoms with Gasteiger partial charge in [-0.2, -0.15) is 0 Å². The molecule has 154 valence electrons. The van der Waals surface area contributed by atoms with Gasteiger partial charge in [-0.3, -0.25) is 9.36 Å². The van der Waals surface area contributed by atoms with Gasteiger partial charge in [0.1, 0.15) is 0 Å². The topological polar surface area (TPSA) is 73.0 Å². The summed E-state index contributed by atoms with van der Waals surface area (Å²) in [6.45, 7) is 7.09. The van der Waals surface area contributed by atoms with Gasteiger partial charge in [0, 0.05) is 12.6 Å². The molecule has 0 bridgehead atoms. The van der Waals surface area contributed by atoms with E-state index < -0.39 is 0 Å². The molecule has 7 heteroatoms. The molecule has 1 unspecified atom stereocenters. The van der Waals surface area contributed by atoms with Gasteiger partial charge >= 0.3 is 0 Å². The highest BCUT2D eigenvalue weighted by molar-refractivity contribution is 7.99. The quantitative estimate of drug-likeness (QED) is 0.499. The molecule has 6 nitrogen and oxygen atoms in total. The Balaban J connectivity index is 1.54. The Bertz CT molecular complexity index is 891. The summed E-state index contributed by atoms with van der Waals surface area (Å²) in [7, 11) is 0. The number of carbonyl (C=O) groups is 1. The zero-order chi connectivity index (χ0) is 20.6. The molecule has 0 aliphatic rings. The molecule has 2 heterocycles. The van der Waals surface area contributed by atoms with Crippen molar-refractivity contribution in [2.75, 3.05) is 5.75 Å². The van der Waals surface area contributed by atoms with Gasteiger partial charge in [0.25, 0.3) is 0 Å². The van der Waals surface area contributed by atoms with Crippen LogP contribution in [0.5, 0.6) is 0 Å². The predicted molar refractivity (Wildman–Crippen MR) is 116 cm³/mol. The Labute approximate surface area is 176 Å². The van der Waals surface area contributed by atoms with E-state index >= 15 is 0 Å². The van der Waals surface area contributed by atoms with Crippen molar-refractivity contribution in [1.82, 2.24) is 20.1 Å². The third-order valence-corrected chi connectivity index (χ3v) is 5.42. The molecular weight excluding hydrogens is 384 g/mol. The maximum atomic E-state index is 12.4. The highest BCUT2D eigenvalue weighted by Crippen LogP contribution is 2.25. The van der Waals surface area contributed by atoms with Gasteiger partial charge in [0.2, 0.25) is 5.91 Å². The van der Waals surface area contributed by atoms with Gasteiger partial charge < -0.3 is 9.73 Å². The Morgan fingerprint density at radius 3 is 2.62 bits per heavy atom. The van der Waals surface area contributed by atoms with E-state index in [0.29, 0.717) is 23.3 Å². The lowest BCUT2D eigenvalue weighted by Crippen LogP contribution is -2.34. The lowest BCUT2D eigenvalue weighted by molar-refractivity contribution is -0.119. The van der Waals surface area contributed by atoms with Crippen molar-refractivity contribution >= 4 is 17.7 Å². The van der Waals surface area contributed by atoms with E-state index in [4.69, 9.17) is 4.42 Å². The fourth-order valence-corrected chi connectivity index (χ4v) is 3.82. The first kappa shape index (κ1) is 21.2. The highest BCUT2D eigenvalue weighted by Gasteiger charge is 2.18. The maximum absolute atomic E-state index is 12.4. The van der Waals surface area contributed by atoms with Crippen LogP contribution in [-0.4, -0.2) is 32.5 Å². The highest BCUT2D eigenvalue weighted by atomic mass is 32.2. The van der Waals surface area contributed by atoms with Crippen molar-refractivity contribution in [2.24, 2.45) is 5.92 Å². The summed E-state index contributed by atoms with van der Waals surface area (Å²) in [4.78, 5) is 12.4. The van der Waals surface area contributed by atoms with E-state index in [1.54, 1.807) is 6.26 Å². The molecule has 0 fully saturated rings. The van der Waals surface area contributed by atoms with Gasteiger partial charge in [0.15, 0.2) is 16.7 Å². The normalized spacial score (nSPS) is 12.3. The van der Waals surface area contributed by atoms with Crippen molar-refractivity contribution in [3.63, 3.8) is 0 Å². The van der Waals surface area contributed by atoms with Crippen LogP contribution in [0.25, 0.3) is 11.6 Å². The molecule has 0 aliphatic carbocycles. The average molecular weight is 413 g/mol. The number of aryl methyl sites for hydroxylation is 1. The second-order valence-corrected chi connectivity index (χ2v) is 8.51. The van der Waals surface area contributed by atoms with Crippen molar-refractivity contribution in [2.45, 2.75) is 51.4 Å². The van der Waals surface area contributed by atoms with Gasteiger partial charge in [-0.05, 0) is 43.4 Å². The van der Waals surface area contributed by atoms with E-state index in [2.05, 4.69) is 41.5 Å². The fourth-order valence-electron chi connectivity index (χ4n) is 3.06. The molecule has 1 atom stereocenters. The molecule has 2 aromatic heterocycles. The van der Waals surface area contributed by atoms with Gasteiger partial charge in [-0.15, -0.1) is 10.2 Å². The number of nitrogens with zero attached hydrogens (tertiary/aromatic N) is 3. The number of benzene rings is 1. The number of aromatic nitrogens is 3. The number of hydrogen-bond donors (Lipinski definition) is 1. The third-order valence-electron chi connectivity index (χ3n) is 4.45. The van der Waals surface area contributed by atoms with Crippen molar-refractivity contribution in [3.8, 4) is 11.6 Å². The maximum Gasteiger partial charge on any atom is 0.230 e. The van der Waals surface area contributed by atoms with Crippen molar-refractivity contribution < 1.29 is 9.21 Å². The second kappa shape index (κ2) is 10.3. The summed E-state index contributed by atoms with van der Waals surface area (Å²) in [6.07, 6.45) is 3.48. The predicted octanol–water partition coefficient (Wildman–Crippen LogP) is 4.42. The number of nitrogens with one attached hydrogen (secondary N) is 1. The zero-order valence-electron chi connectivity index (χ0n) is 17.2. The van der Waals surface area contributed by atoms with Crippen LogP contribution in [0.1, 0.15) is 32.8 Å². The fraction of sp³-hybridized carbons (Fsp3) is 0.409. The minimum atomic E-state index is 0.00853. The summed E-state index contributed by atoms with van der Waals surface area (Å²) < 4.78 is 7.51. The molecule has 0 saturated carbocycles. The summed E-state index contributed by atoms with van der Waals surface area (Å²) in [5, 5.41) is 12.4. The standard InChI is InChI=1S/C22H28N4O2S/c1-16(2)14-26-21(19-10-7-13-28-19)24-25-22(26)29-15-20(27)23-17(3)11-12-18-8-5-4-6-9-18/h4-10,13,16-17H,11-12,14-15H2,1-3H3,(H,23,27). The number of amides is 1. The summed E-state index contributed by atoms with van der Waals surface area (Å²) >= 11 is 1.41. The zero-order valence-corrected chi connectivity index (χ0v) is 18.0. The Hall–Kier alpha value is -2.54. The third kappa shape index (κ3) is 6.22. The first-order valence-electron chi connectivity index (χ1n) is 9.96. The largest absolute Gasteiger partial charge is 0.461 e. The monoisotopic (exact) mass is 412 g/mol. The second-order valence-electron chi connectivity index (χ2n) is 7.57. The molecule has 3 aromatic rings. The summed E-state index contributed by atoms with van der Waals surface area (Å²) in [5.74, 6) is 2.12. The SMILES string of the molecule is CC(C)Cn1c(SCC(=O)NC(C)CCc2ccccc2)nnc1-c1ccco1. The minimum absolute atomic E-state index is 0.00853. The van der Waals surface area contributed by atoms with E-state index in [-0.39, 0.29) is 11.9 Å². The Morgan fingerprint density at radius 2 is 1.93 bits per heavy atom. The Kier molecular flexibility index (Phi) is 7.52. The van der Waals surface area contributed by atoms with Gasteiger partial charge in [-0.1, -0.05) is 55.9 Å². The number of thioether (sulfide) groups is 1. The van der Waals surface area contributed by atoms with Gasteiger partial charge in [0.05, 0.1) is 12.0 Å². The van der Waals surface area contributed by atoms with Crippen molar-refractivity contribution in [1.29, 1.82) is 0 Å². The molecule has 0 radical (unpaired) electrons. The van der Waals surface area contributed by atoms with E-state index in [9.17, 15) is 4.79 Å². The summed E-state index contributed by atoms with van der Waals surface area (Å²) in [6, 6.07) is 14.2. The van der Waals surface area contributed by atoms with Crippen LogP contribution in [0.3, 0.4) is 0 Å². The number of hydrogen-bond acceptors (Lipinski definition) is 5. The summed E-state index contributed by atoms with van der Waals surface area (Å²) in [5.41, 5.74) is 1.29. The van der Waals surface area contributed by atoms with Crippen LogP contribution in [0.15, 0.2) is 58.3 Å².